The van der Waals surface area contributed by atoms with Crippen LogP contribution in [-0.4, -0.2) is 33.4 Å². The third kappa shape index (κ3) is 2.49. The van der Waals surface area contributed by atoms with Gasteiger partial charge in [0.2, 0.25) is 17.8 Å². The molecule has 7 nitrogen and oxygen atoms in total. The fraction of sp³-hybridized carbons (Fsp3) is 0.636. The summed E-state index contributed by atoms with van der Waals surface area (Å²) in [7, 11) is 0. The van der Waals surface area contributed by atoms with Crippen LogP contribution < -0.4 is 16.4 Å². The first kappa shape index (κ1) is 12.5. The lowest BCUT2D eigenvalue weighted by Gasteiger charge is -2.36. The zero-order chi connectivity index (χ0) is 13.3. The van der Waals surface area contributed by atoms with E-state index in [4.69, 9.17) is 11.5 Å². The van der Waals surface area contributed by atoms with Crippen molar-refractivity contribution in [2.75, 3.05) is 17.2 Å². The molecule has 4 N–H and O–H groups in total. The maximum atomic E-state index is 11.3. The second kappa shape index (κ2) is 4.75. The molecule has 2 unspecified atom stereocenters. The van der Waals surface area contributed by atoms with Gasteiger partial charge in [-0.2, -0.15) is 15.0 Å². The molecule has 0 saturated carbocycles. The molecule has 98 valence electrons. The van der Waals surface area contributed by atoms with Crippen LogP contribution in [0.3, 0.4) is 0 Å². The van der Waals surface area contributed by atoms with E-state index in [1.165, 1.54) is 0 Å². The lowest BCUT2D eigenvalue weighted by Crippen LogP contribution is -2.46. The monoisotopic (exact) mass is 250 g/mol. The molecule has 0 aliphatic carbocycles. The fourth-order valence-electron chi connectivity index (χ4n) is 2.23. The number of hydrogen-bond donors (Lipinski definition) is 2. The van der Waals surface area contributed by atoms with E-state index in [1.807, 2.05) is 4.90 Å². The summed E-state index contributed by atoms with van der Waals surface area (Å²) in [5.41, 5.74) is 11.0. The quantitative estimate of drug-likeness (QED) is 0.755. The Balaban J connectivity index is 2.26. The van der Waals surface area contributed by atoms with Gasteiger partial charge in [-0.15, -0.1) is 0 Å². The molecule has 1 aliphatic rings. The minimum atomic E-state index is -0.273. The second-order valence-corrected chi connectivity index (χ2v) is 4.72. The van der Waals surface area contributed by atoms with Crippen molar-refractivity contribution >= 4 is 17.8 Å². The zero-order valence-electron chi connectivity index (χ0n) is 10.6. The number of anilines is 2. The molecule has 1 aromatic heterocycles. The molecular weight excluding hydrogens is 232 g/mol. The Bertz CT molecular complexity index is 443. The van der Waals surface area contributed by atoms with Crippen molar-refractivity contribution in [1.29, 1.82) is 0 Å². The Labute approximate surface area is 106 Å². The van der Waals surface area contributed by atoms with Crippen LogP contribution in [0.25, 0.3) is 0 Å². The number of carbonyl (C=O) groups is 1. The number of nitrogens with zero attached hydrogens (tertiary/aromatic N) is 4. The summed E-state index contributed by atoms with van der Waals surface area (Å²) in [6.07, 6.45) is 1.70. The Hall–Kier alpha value is -1.92. The minimum Gasteiger partial charge on any atom is -0.369 e. The van der Waals surface area contributed by atoms with Crippen LogP contribution in [0.1, 0.15) is 25.6 Å². The van der Waals surface area contributed by atoms with Gasteiger partial charge >= 0.3 is 0 Å². The number of aryl methyl sites for hydroxylation is 1. The fourth-order valence-corrected chi connectivity index (χ4v) is 2.23. The first-order valence-electron chi connectivity index (χ1n) is 6.01. The molecule has 0 aromatic carbocycles. The molecule has 1 amide bonds. The van der Waals surface area contributed by atoms with Crippen LogP contribution in [0.5, 0.6) is 0 Å². The van der Waals surface area contributed by atoms with Crippen molar-refractivity contribution in [3.05, 3.63) is 5.82 Å². The first-order valence-corrected chi connectivity index (χ1v) is 6.01. The normalized spacial score (nSPS) is 24.0. The number of carbonyl (C=O) groups excluding carboxylic acids is 1. The summed E-state index contributed by atoms with van der Waals surface area (Å²) >= 11 is 0. The van der Waals surface area contributed by atoms with Crippen LogP contribution in [-0.2, 0) is 4.79 Å². The number of primary amides is 1. The Kier molecular flexibility index (Phi) is 3.31. The van der Waals surface area contributed by atoms with Crippen LogP contribution >= 0.6 is 0 Å². The third-order valence-corrected chi connectivity index (χ3v) is 3.29. The molecule has 0 radical (unpaired) electrons. The Morgan fingerprint density at radius 1 is 1.33 bits per heavy atom. The summed E-state index contributed by atoms with van der Waals surface area (Å²) in [5.74, 6) is 0.875. The maximum Gasteiger partial charge on any atom is 0.230 e. The van der Waals surface area contributed by atoms with Crippen molar-refractivity contribution in [3.63, 3.8) is 0 Å². The first-order chi connectivity index (χ1) is 8.47. The van der Waals surface area contributed by atoms with E-state index >= 15 is 0 Å². The van der Waals surface area contributed by atoms with E-state index in [9.17, 15) is 4.79 Å². The van der Waals surface area contributed by atoms with Crippen LogP contribution in [0.15, 0.2) is 0 Å². The second-order valence-electron chi connectivity index (χ2n) is 4.72. The molecule has 0 spiro atoms. The minimum absolute atomic E-state index is 0.153. The van der Waals surface area contributed by atoms with Gasteiger partial charge in [0.25, 0.3) is 0 Å². The molecular formula is C11H18N6O. The van der Waals surface area contributed by atoms with Crippen molar-refractivity contribution in [2.24, 2.45) is 11.7 Å². The van der Waals surface area contributed by atoms with Gasteiger partial charge in [-0.3, -0.25) is 4.79 Å². The number of nitrogen functional groups attached to an aromatic ring is 1. The highest BCUT2D eigenvalue weighted by molar-refractivity contribution is 5.77. The SMILES string of the molecule is Cc1nc(N)nc(N2CC(C(N)=O)CCC2C)n1. The molecule has 18 heavy (non-hydrogen) atoms. The zero-order valence-corrected chi connectivity index (χ0v) is 10.6. The van der Waals surface area contributed by atoms with Gasteiger partial charge in [-0.05, 0) is 26.7 Å². The van der Waals surface area contributed by atoms with Gasteiger partial charge in [0.1, 0.15) is 5.82 Å². The van der Waals surface area contributed by atoms with Crippen LogP contribution in [0.4, 0.5) is 11.9 Å². The van der Waals surface area contributed by atoms with E-state index in [-0.39, 0.29) is 23.8 Å². The molecule has 0 bridgehead atoms. The number of rotatable bonds is 2. The molecule has 1 aromatic rings. The number of hydrogen-bond acceptors (Lipinski definition) is 6. The Morgan fingerprint density at radius 3 is 2.67 bits per heavy atom. The summed E-state index contributed by atoms with van der Waals surface area (Å²) in [5, 5.41) is 0. The topological polar surface area (TPSA) is 111 Å². The van der Waals surface area contributed by atoms with Crippen LogP contribution in [0, 0.1) is 12.8 Å². The standard InChI is InChI=1S/C11H18N6O/c1-6-3-4-8(9(12)18)5-17(6)11-15-7(2)14-10(13)16-11/h6,8H,3-5H2,1-2H3,(H2,12,18)(H2,13,14,15,16). The number of aromatic nitrogens is 3. The lowest BCUT2D eigenvalue weighted by molar-refractivity contribution is -0.122. The van der Waals surface area contributed by atoms with Gasteiger partial charge < -0.3 is 16.4 Å². The van der Waals surface area contributed by atoms with Gasteiger partial charge in [0.05, 0.1) is 5.92 Å². The summed E-state index contributed by atoms with van der Waals surface area (Å²) in [4.78, 5) is 25.6. The van der Waals surface area contributed by atoms with Crippen molar-refractivity contribution in [1.82, 2.24) is 15.0 Å². The van der Waals surface area contributed by atoms with Gasteiger partial charge in [0, 0.05) is 12.6 Å². The molecule has 1 fully saturated rings. The number of piperidine rings is 1. The van der Waals surface area contributed by atoms with Crippen molar-refractivity contribution in [3.8, 4) is 0 Å². The van der Waals surface area contributed by atoms with Gasteiger partial charge in [0.15, 0.2) is 0 Å². The Morgan fingerprint density at radius 2 is 2.06 bits per heavy atom. The largest absolute Gasteiger partial charge is 0.369 e. The van der Waals surface area contributed by atoms with Crippen molar-refractivity contribution in [2.45, 2.75) is 32.7 Å². The highest BCUT2D eigenvalue weighted by Gasteiger charge is 2.30. The average Bonchev–Trinajstić information content (AvgIpc) is 2.27. The highest BCUT2D eigenvalue weighted by atomic mass is 16.1. The maximum absolute atomic E-state index is 11.3. The van der Waals surface area contributed by atoms with Gasteiger partial charge in [-0.25, -0.2) is 0 Å². The van der Waals surface area contributed by atoms with Gasteiger partial charge in [-0.1, -0.05) is 0 Å². The van der Waals surface area contributed by atoms with Crippen molar-refractivity contribution < 1.29 is 4.79 Å². The highest BCUT2D eigenvalue weighted by Crippen LogP contribution is 2.25. The lowest BCUT2D eigenvalue weighted by atomic mass is 9.93. The number of amides is 1. The number of nitrogens with two attached hydrogens (primary N) is 2. The summed E-state index contributed by atoms with van der Waals surface area (Å²) in [6, 6.07) is 0.266. The van der Waals surface area contributed by atoms with E-state index in [2.05, 4.69) is 21.9 Å². The van der Waals surface area contributed by atoms with E-state index in [1.54, 1.807) is 6.92 Å². The third-order valence-electron chi connectivity index (χ3n) is 3.29. The van der Waals surface area contributed by atoms with Crippen LogP contribution in [0.2, 0.25) is 0 Å². The van der Waals surface area contributed by atoms with E-state index < -0.39 is 0 Å². The van der Waals surface area contributed by atoms with E-state index in [0.29, 0.717) is 18.3 Å². The molecule has 1 saturated heterocycles. The molecule has 2 heterocycles. The summed E-state index contributed by atoms with van der Waals surface area (Å²) < 4.78 is 0. The predicted molar refractivity (Wildman–Crippen MR) is 67.7 cm³/mol. The molecule has 2 atom stereocenters. The molecule has 2 rings (SSSR count). The smallest absolute Gasteiger partial charge is 0.230 e. The predicted octanol–water partition coefficient (Wildman–Crippen LogP) is -0.148. The average molecular weight is 250 g/mol. The van der Waals surface area contributed by atoms with E-state index in [0.717, 1.165) is 12.8 Å². The molecule has 7 heteroatoms. The summed E-state index contributed by atoms with van der Waals surface area (Å²) in [6.45, 7) is 4.38. The molecule has 1 aliphatic heterocycles.